The van der Waals surface area contributed by atoms with Crippen LogP contribution in [0.4, 0.5) is 0 Å². The Labute approximate surface area is 158 Å². The summed E-state index contributed by atoms with van der Waals surface area (Å²) in [5.74, 6) is 0.982. The molecule has 1 fully saturated rings. The predicted molar refractivity (Wildman–Crippen MR) is 94.5 cm³/mol. The summed E-state index contributed by atoms with van der Waals surface area (Å²) >= 11 is 0. The molecular weight excluding hydrogens is 384 g/mol. The van der Waals surface area contributed by atoms with Crippen LogP contribution in [0.25, 0.3) is 0 Å². The van der Waals surface area contributed by atoms with Crippen molar-refractivity contribution in [3.05, 3.63) is 23.2 Å². The van der Waals surface area contributed by atoms with Crippen LogP contribution in [0.15, 0.2) is 13.9 Å². The van der Waals surface area contributed by atoms with E-state index < -0.39 is 16.1 Å². The van der Waals surface area contributed by atoms with Crippen LogP contribution >= 0.6 is 12.4 Å². The van der Waals surface area contributed by atoms with Crippen LogP contribution in [0.5, 0.6) is 0 Å². The second kappa shape index (κ2) is 8.01. The van der Waals surface area contributed by atoms with Crippen molar-refractivity contribution in [3.8, 4) is 0 Å². The standard InChI is InChI=1S/C14H22N6O4S.ClH/c1-8-12(10(3)23-17-8)25(21,22)19-9(2)14-16-13(18-24-14)11-7-15-5-6-20(11)4;/h9,11,15,19H,5-7H2,1-4H3;1H. The van der Waals surface area contributed by atoms with Gasteiger partial charge in [-0.1, -0.05) is 10.3 Å². The smallest absolute Gasteiger partial charge is 0.246 e. The lowest BCUT2D eigenvalue weighted by atomic mass is 10.2. The summed E-state index contributed by atoms with van der Waals surface area (Å²) in [5, 5.41) is 11.0. The molecule has 3 rings (SSSR count). The van der Waals surface area contributed by atoms with E-state index in [0.717, 1.165) is 13.1 Å². The number of nitrogens with zero attached hydrogens (tertiary/aromatic N) is 4. The van der Waals surface area contributed by atoms with Crippen LogP contribution in [-0.4, -0.2) is 55.3 Å². The second-order valence-corrected chi connectivity index (χ2v) is 7.84. The van der Waals surface area contributed by atoms with Crippen LogP contribution in [0, 0.1) is 13.8 Å². The Balaban J connectivity index is 0.00000243. The zero-order valence-corrected chi connectivity index (χ0v) is 16.6. The highest BCUT2D eigenvalue weighted by Crippen LogP contribution is 2.23. The Morgan fingerprint density at radius 2 is 2.04 bits per heavy atom. The molecule has 0 amide bonds. The first-order valence-electron chi connectivity index (χ1n) is 7.99. The van der Waals surface area contributed by atoms with Crippen LogP contribution in [0.3, 0.4) is 0 Å². The first kappa shape index (κ1) is 20.8. The summed E-state index contributed by atoms with van der Waals surface area (Å²) in [4.78, 5) is 6.54. The number of sulfonamides is 1. The lowest BCUT2D eigenvalue weighted by molar-refractivity contribution is 0.190. The van der Waals surface area contributed by atoms with E-state index in [1.165, 1.54) is 0 Å². The number of rotatable bonds is 5. The van der Waals surface area contributed by atoms with Gasteiger partial charge in [-0.25, -0.2) is 8.42 Å². The van der Waals surface area contributed by atoms with Crippen molar-refractivity contribution < 1.29 is 17.5 Å². The molecule has 2 unspecified atom stereocenters. The predicted octanol–water partition coefficient (Wildman–Crippen LogP) is 0.712. The molecule has 12 heteroatoms. The topological polar surface area (TPSA) is 126 Å². The van der Waals surface area contributed by atoms with Gasteiger partial charge in [0.15, 0.2) is 11.6 Å². The van der Waals surface area contributed by atoms with Gasteiger partial charge in [0, 0.05) is 19.6 Å². The molecule has 2 N–H and O–H groups in total. The van der Waals surface area contributed by atoms with E-state index in [1.54, 1.807) is 20.8 Å². The summed E-state index contributed by atoms with van der Waals surface area (Å²) < 4.78 is 37.9. The molecule has 0 spiro atoms. The molecule has 0 saturated carbocycles. The molecule has 0 aromatic carbocycles. The highest BCUT2D eigenvalue weighted by molar-refractivity contribution is 7.89. The highest BCUT2D eigenvalue weighted by Gasteiger charge is 2.30. The normalized spacial score (nSPS) is 19.9. The molecule has 26 heavy (non-hydrogen) atoms. The zero-order valence-electron chi connectivity index (χ0n) is 15.0. The van der Waals surface area contributed by atoms with Gasteiger partial charge in [0.1, 0.15) is 10.6 Å². The number of hydrogen-bond donors (Lipinski definition) is 2. The fraction of sp³-hybridized carbons (Fsp3) is 0.643. The third-order valence-electron chi connectivity index (χ3n) is 4.21. The monoisotopic (exact) mass is 406 g/mol. The summed E-state index contributed by atoms with van der Waals surface area (Å²) in [6.45, 7) is 7.28. The van der Waals surface area contributed by atoms with Gasteiger partial charge in [0.2, 0.25) is 15.9 Å². The molecule has 2 atom stereocenters. The van der Waals surface area contributed by atoms with Crippen molar-refractivity contribution in [3.63, 3.8) is 0 Å². The molecular formula is C14H23ClN6O4S. The number of piperazine rings is 1. The second-order valence-electron chi connectivity index (χ2n) is 6.19. The maximum absolute atomic E-state index is 12.6. The van der Waals surface area contributed by atoms with E-state index in [2.05, 4.69) is 30.2 Å². The van der Waals surface area contributed by atoms with E-state index in [-0.39, 0.29) is 35.0 Å². The van der Waals surface area contributed by atoms with Crippen molar-refractivity contribution in [2.75, 3.05) is 26.7 Å². The number of halogens is 1. The van der Waals surface area contributed by atoms with Gasteiger partial charge in [-0.3, -0.25) is 4.90 Å². The minimum Gasteiger partial charge on any atom is -0.360 e. The van der Waals surface area contributed by atoms with Crippen LogP contribution in [-0.2, 0) is 10.0 Å². The van der Waals surface area contributed by atoms with Crippen molar-refractivity contribution in [1.82, 2.24) is 30.2 Å². The fourth-order valence-electron chi connectivity index (χ4n) is 2.85. The molecule has 0 aliphatic carbocycles. The quantitative estimate of drug-likeness (QED) is 0.737. The van der Waals surface area contributed by atoms with Crippen molar-refractivity contribution in [2.24, 2.45) is 0 Å². The average molecular weight is 407 g/mol. The molecule has 146 valence electrons. The summed E-state index contributed by atoms with van der Waals surface area (Å²) in [5.41, 5.74) is 0.304. The van der Waals surface area contributed by atoms with E-state index in [1.807, 2.05) is 7.05 Å². The maximum atomic E-state index is 12.6. The lowest BCUT2D eigenvalue weighted by Gasteiger charge is -2.30. The molecule has 1 aliphatic heterocycles. The van der Waals surface area contributed by atoms with Gasteiger partial charge in [-0.2, -0.15) is 9.71 Å². The van der Waals surface area contributed by atoms with Crippen LogP contribution < -0.4 is 10.0 Å². The van der Waals surface area contributed by atoms with Gasteiger partial charge in [0.25, 0.3) is 0 Å². The minimum absolute atomic E-state index is 0. The molecule has 0 radical (unpaired) electrons. The van der Waals surface area contributed by atoms with Gasteiger partial charge in [-0.15, -0.1) is 12.4 Å². The maximum Gasteiger partial charge on any atom is 0.246 e. The minimum atomic E-state index is -3.81. The fourth-order valence-corrected chi connectivity index (χ4v) is 4.38. The Morgan fingerprint density at radius 3 is 2.65 bits per heavy atom. The lowest BCUT2D eigenvalue weighted by Crippen LogP contribution is -2.44. The first-order chi connectivity index (χ1) is 11.8. The molecule has 3 heterocycles. The van der Waals surface area contributed by atoms with E-state index in [9.17, 15) is 8.42 Å². The molecule has 0 bridgehead atoms. The van der Waals surface area contributed by atoms with Crippen LogP contribution in [0.1, 0.15) is 42.2 Å². The average Bonchev–Trinajstić information content (AvgIpc) is 3.14. The number of nitrogens with one attached hydrogen (secondary N) is 2. The third kappa shape index (κ3) is 4.07. The van der Waals surface area contributed by atoms with Crippen molar-refractivity contribution in [1.29, 1.82) is 0 Å². The summed E-state index contributed by atoms with van der Waals surface area (Å²) in [6.07, 6.45) is 0. The Kier molecular flexibility index (Phi) is 6.40. The number of likely N-dealkylation sites (N-methyl/N-ethyl adjacent to an activating group) is 1. The van der Waals surface area contributed by atoms with Gasteiger partial charge in [0.05, 0.1) is 12.1 Å². The van der Waals surface area contributed by atoms with E-state index >= 15 is 0 Å². The third-order valence-corrected chi connectivity index (χ3v) is 5.99. The Morgan fingerprint density at radius 1 is 1.31 bits per heavy atom. The van der Waals surface area contributed by atoms with E-state index in [0.29, 0.717) is 18.1 Å². The first-order valence-corrected chi connectivity index (χ1v) is 9.47. The summed E-state index contributed by atoms with van der Waals surface area (Å²) in [7, 11) is -1.82. The van der Waals surface area contributed by atoms with Gasteiger partial charge < -0.3 is 14.4 Å². The zero-order chi connectivity index (χ0) is 18.2. The molecule has 2 aromatic heterocycles. The molecule has 10 nitrogen and oxygen atoms in total. The molecule has 1 aliphatic rings. The number of aryl methyl sites for hydroxylation is 2. The number of hydrogen-bond acceptors (Lipinski definition) is 9. The largest absolute Gasteiger partial charge is 0.360 e. The highest BCUT2D eigenvalue weighted by atomic mass is 35.5. The summed E-state index contributed by atoms with van der Waals surface area (Å²) in [6, 6.07) is -0.681. The van der Waals surface area contributed by atoms with Crippen LogP contribution in [0.2, 0.25) is 0 Å². The SMILES string of the molecule is Cc1noc(C)c1S(=O)(=O)NC(C)c1nc(C2CNCCN2C)no1.Cl. The Hall–Kier alpha value is -1.53. The van der Waals surface area contributed by atoms with Crippen molar-refractivity contribution in [2.45, 2.75) is 37.8 Å². The van der Waals surface area contributed by atoms with E-state index in [4.69, 9.17) is 9.05 Å². The van der Waals surface area contributed by atoms with Crippen molar-refractivity contribution >= 4 is 22.4 Å². The van der Waals surface area contributed by atoms with Gasteiger partial charge >= 0.3 is 0 Å². The molecule has 2 aromatic rings. The van der Waals surface area contributed by atoms with Gasteiger partial charge in [-0.05, 0) is 27.8 Å². The Bertz CT molecular complexity index is 832. The number of aromatic nitrogens is 3. The molecule has 1 saturated heterocycles.